The summed E-state index contributed by atoms with van der Waals surface area (Å²) >= 11 is 0. The third-order valence-corrected chi connectivity index (χ3v) is 4.02. The summed E-state index contributed by atoms with van der Waals surface area (Å²) in [5, 5.41) is 0. The molecule has 2 nitrogen and oxygen atoms in total. The predicted molar refractivity (Wildman–Crippen MR) is 79.5 cm³/mol. The van der Waals surface area contributed by atoms with E-state index in [9.17, 15) is 4.39 Å². The van der Waals surface area contributed by atoms with Crippen molar-refractivity contribution in [2.24, 2.45) is 11.7 Å². The topological polar surface area (TPSA) is 29.3 Å². The molecule has 3 atom stereocenters. The number of hydrogen-bond donors (Lipinski definition) is 1. The lowest BCUT2D eigenvalue weighted by Gasteiger charge is -2.32. The maximum atomic E-state index is 13.8. The number of nitrogens with two attached hydrogens (primary N) is 1. The van der Waals surface area contributed by atoms with Crippen LogP contribution in [-0.4, -0.2) is 24.0 Å². The van der Waals surface area contributed by atoms with Crippen LogP contribution in [0.2, 0.25) is 0 Å². The minimum atomic E-state index is -0.251. The summed E-state index contributed by atoms with van der Waals surface area (Å²) < 4.78 is 13.8. The van der Waals surface area contributed by atoms with E-state index in [1.165, 1.54) is 6.07 Å². The van der Waals surface area contributed by atoms with Gasteiger partial charge >= 0.3 is 0 Å². The quantitative estimate of drug-likeness (QED) is 0.817. The first-order valence-electron chi connectivity index (χ1n) is 7.25. The SMILES string of the molecule is CCC(C)N(CC)CC(C)C(N)c1ccccc1F. The first-order chi connectivity index (χ1) is 9.01. The van der Waals surface area contributed by atoms with Crippen molar-refractivity contribution in [3.8, 4) is 0 Å². The van der Waals surface area contributed by atoms with Gasteiger partial charge in [-0.15, -0.1) is 0 Å². The van der Waals surface area contributed by atoms with Gasteiger partial charge in [0.15, 0.2) is 0 Å². The lowest BCUT2D eigenvalue weighted by Crippen LogP contribution is -2.39. The fourth-order valence-corrected chi connectivity index (χ4v) is 2.41. The zero-order chi connectivity index (χ0) is 14.4. The van der Waals surface area contributed by atoms with Gasteiger partial charge in [-0.2, -0.15) is 0 Å². The molecule has 2 N–H and O–H groups in total. The Morgan fingerprint density at radius 2 is 1.84 bits per heavy atom. The zero-order valence-corrected chi connectivity index (χ0v) is 12.6. The van der Waals surface area contributed by atoms with E-state index < -0.39 is 0 Å². The monoisotopic (exact) mass is 266 g/mol. The van der Waals surface area contributed by atoms with Gasteiger partial charge in [-0.1, -0.05) is 39.0 Å². The minimum Gasteiger partial charge on any atom is -0.324 e. The highest BCUT2D eigenvalue weighted by molar-refractivity contribution is 5.21. The zero-order valence-electron chi connectivity index (χ0n) is 12.6. The first-order valence-corrected chi connectivity index (χ1v) is 7.25. The fourth-order valence-electron chi connectivity index (χ4n) is 2.41. The van der Waals surface area contributed by atoms with Crippen LogP contribution in [0.4, 0.5) is 4.39 Å². The van der Waals surface area contributed by atoms with Crippen molar-refractivity contribution >= 4 is 0 Å². The van der Waals surface area contributed by atoms with E-state index in [1.54, 1.807) is 12.1 Å². The Kier molecular flexibility index (Phi) is 6.46. The van der Waals surface area contributed by atoms with E-state index in [1.807, 2.05) is 6.07 Å². The van der Waals surface area contributed by atoms with Crippen LogP contribution in [-0.2, 0) is 0 Å². The molecule has 0 aliphatic carbocycles. The maximum absolute atomic E-state index is 13.8. The van der Waals surface area contributed by atoms with Gasteiger partial charge in [0.1, 0.15) is 5.82 Å². The lowest BCUT2D eigenvalue weighted by molar-refractivity contribution is 0.175. The molecule has 1 aromatic rings. The van der Waals surface area contributed by atoms with Crippen molar-refractivity contribution < 1.29 is 4.39 Å². The van der Waals surface area contributed by atoms with Gasteiger partial charge in [0.25, 0.3) is 0 Å². The smallest absolute Gasteiger partial charge is 0.127 e. The van der Waals surface area contributed by atoms with Gasteiger partial charge < -0.3 is 10.6 Å². The number of nitrogens with zero attached hydrogens (tertiary/aromatic N) is 1. The maximum Gasteiger partial charge on any atom is 0.127 e. The van der Waals surface area contributed by atoms with Crippen molar-refractivity contribution in [3.05, 3.63) is 35.6 Å². The molecular formula is C16H27FN2. The lowest BCUT2D eigenvalue weighted by atomic mass is 9.94. The summed E-state index contributed by atoms with van der Waals surface area (Å²) in [6.45, 7) is 10.6. The molecule has 0 heterocycles. The summed E-state index contributed by atoms with van der Waals surface area (Å²) in [5.74, 6) is 0.0271. The molecule has 0 spiro atoms. The Hall–Kier alpha value is -0.930. The Bertz CT molecular complexity index is 381. The van der Waals surface area contributed by atoms with Gasteiger partial charge in [0, 0.05) is 24.2 Å². The van der Waals surface area contributed by atoms with Crippen molar-refractivity contribution in [1.29, 1.82) is 0 Å². The van der Waals surface area contributed by atoms with Crippen LogP contribution in [0.15, 0.2) is 24.3 Å². The molecule has 108 valence electrons. The highest BCUT2D eigenvalue weighted by Gasteiger charge is 2.21. The summed E-state index contributed by atoms with van der Waals surface area (Å²) in [6, 6.07) is 7.11. The average Bonchev–Trinajstić information content (AvgIpc) is 2.43. The molecule has 0 bridgehead atoms. The third-order valence-electron chi connectivity index (χ3n) is 4.02. The molecule has 0 aliphatic heterocycles. The number of halogens is 1. The van der Waals surface area contributed by atoms with Crippen LogP contribution in [0.3, 0.4) is 0 Å². The second-order valence-electron chi connectivity index (χ2n) is 5.37. The molecule has 3 heteroatoms. The average molecular weight is 266 g/mol. The van der Waals surface area contributed by atoms with Crippen molar-refractivity contribution in [2.45, 2.75) is 46.2 Å². The van der Waals surface area contributed by atoms with Crippen LogP contribution in [0.5, 0.6) is 0 Å². The molecule has 0 saturated carbocycles. The molecule has 0 saturated heterocycles. The largest absolute Gasteiger partial charge is 0.324 e. The number of rotatable bonds is 7. The van der Waals surface area contributed by atoms with E-state index in [2.05, 4.69) is 32.6 Å². The van der Waals surface area contributed by atoms with Crippen LogP contribution >= 0.6 is 0 Å². The van der Waals surface area contributed by atoms with Crippen molar-refractivity contribution in [3.63, 3.8) is 0 Å². The van der Waals surface area contributed by atoms with Gasteiger partial charge in [-0.3, -0.25) is 0 Å². The molecule has 0 fully saturated rings. The molecular weight excluding hydrogens is 239 g/mol. The van der Waals surface area contributed by atoms with E-state index in [0.29, 0.717) is 11.6 Å². The van der Waals surface area contributed by atoms with Gasteiger partial charge in [0.05, 0.1) is 0 Å². The number of benzene rings is 1. The van der Waals surface area contributed by atoms with E-state index in [-0.39, 0.29) is 17.8 Å². The molecule has 0 amide bonds. The highest BCUT2D eigenvalue weighted by Crippen LogP contribution is 2.23. The highest BCUT2D eigenvalue weighted by atomic mass is 19.1. The van der Waals surface area contributed by atoms with Crippen LogP contribution in [0, 0.1) is 11.7 Å². The molecule has 19 heavy (non-hydrogen) atoms. The van der Waals surface area contributed by atoms with E-state index in [0.717, 1.165) is 19.5 Å². The minimum absolute atomic E-state index is 0.201. The number of hydrogen-bond acceptors (Lipinski definition) is 2. The van der Waals surface area contributed by atoms with Gasteiger partial charge in [-0.25, -0.2) is 4.39 Å². The normalized spacial score (nSPS) is 16.4. The van der Waals surface area contributed by atoms with Gasteiger partial charge in [0.2, 0.25) is 0 Å². The Morgan fingerprint density at radius 3 is 2.37 bits per heavy atom. The molecule has 0 aromatic heterocycles. The summed E-state index contributed by atoms with van der Waals surface area (Å²) in [7, 11) is 0. The fraction of sp³-hybridized carbons (Fsp3) is 0.625. The summed E-state index contributed by atoms with van der Waals surface area (Å²) in [6.07, 6.45) is 1.12. The van der Waals surface area contributed by atoms with Crippen LogP contribution < -0.4 is 5.73 Å². The van der Waals surface area contributed by atoms with Crippen LogP contribution in [0.1, 0.15) is 45.7 Å². The molecule has 1 rings (SSSR count). The van der Waals surface area contributed by atoms with Crippen LogP contribution in [0.25, 0.3) is 0 Å². The van der Waals surface area contributed by atoms with Crippen molar-refractivity contribution in [1.82, 2.24) is 4.90 Å². The Morgan fingerprint density at radius 1 is 1.21 bits per heavy atom. The van der Waals surface area contributed by atoms with Crippen molar-refractivity contribution in [2.75, 3.05) is 13.1 Å². The molecule has 3 unspecified atom stereocenters. The van der Waals surface area contributed by atoms with E-state index in [4.69, 9.17) is 5.73 Å². The Balaban J connectivity index is 2.72. The molecule has 0 radical (unpaired) electrons. The second-order valence-corrected chi connectivity index (χ2v) is 5.37. The first kappa shape index (κ1) is 16.1. The summed E-state index contributed by atoms with van der Waals surface area (Å²) in [5.41, 5.74) is 6.84. The van der Waals surface area contributed by atoms with E-state index >= 15 is 0 Å². The predicted octanol–water partition coefficient (Wildman–Crippen LogP) is 3.58. The second kappa shape index (κ2) is 7.61. The van der Waals surface area contributed by atoms with Gasteiger partial charge in [-0.05, 0) is 31.9 Å². The molecule has 1 aromatic carbocycles. The third kappa shape index (κ3) is 4.29. The standard InChI is InChI=1S/C16H27FN2/c1-5-13(4)19(6-2)11-12(3)16(18)14-9-7-8-10-15(14)17/h7-10,12-13,16H,5-6,11,18H2,1-4H3. The Labute approximate surface area is 116 Å². The summed E-state index contributed by atoms with van der Waals surface area (Å²) in [4.78, 5) is 2.41. The molecule has 0 aliphatic rings.